The predicted octanol–water partition coefficient (Wildman–Crippen LogP) is 8.03. The minimum atomic E-state index is -0.646. The summed E-state index contributed by atoms with van der Waals surface area (Å²) in [5.74, 6) is -0.860. The Bertz CT molecular complexity index is 986. The van der Waals surface area contributed by atoms with Gasteiger partial charge in [0, 0.05) is 24.7 Å². The standard InChI is InChI=1S/C33H44O4/c1-5-9-24-13-19-32(17-7-3,20-14-24)36-30(34)28-26-11-12-27(23-26)29(28)31(35)37-33(18-8-4)21-15-25(10-6-2)16-22-33/h11-16,19,21,26-27H,5-10,17-18,20,22-23H2,1-4H3. The molecular weight excluding hydrogens is 460 g/mol. The van der Waals surface area contributed by atoms with Crippen LogP contribution in [0.25, 0.3) is 0 Å². The molecule has 0 radical (unpaired) electrons. The third-order valence-electron chi connectivity index (χ3n) is 8.19. The van der Waals surface area contributed by atoms with Gasteiger partial charge in [0.05, 0.1) is 11.1 Å². The quantitative estimate of drug-likeness (QED) is 0.199. The summed E-state index contributed by atoms with van der Waals surface area (Å²) in [6, 6.07) is 0. The van der Waals surface area contributed by atoms with E-state index in [2.05, 4.69) is 76.3 Å². The Labute approximate surface area is 223 Å². The molecule has 200 valence electrons. The third-order valence-corrected chi connectivity index (χ3v) is 8.19. The van der Waals surface area contributed by atoms with Crippen molar-refractivity contribution in [1.82, 2.24) is 0 Å². The van der Waals surface area contributed by atoms with E-state index < -0.39 is 11.2 Å². The summed E-state index contributed by atoms with van der Waals surface area (Å²) in [6.45, 7) is 8.57. The van der Waals surface area contributed by atoms with Crippen molar-refractivity contribution in [2.45, 2.75) is 110 Å². The van der Waals surface area contributed by atoms with E-state index >= 15 is 0 Å². The van der Waals surface area contributed by atoms with Crippen molar-refractivity contribution in [3.8, 4) is 0 Å². The molecule has 0 N–H and O–H groups in total. The van der Waals surface area contributed by atoms with Crippen LogP contribution < -0.4 is 0 Å². The molecule has 4 aliphatic rings. The molecule has 0 fully saturated rings. The monoisotopic (exact) mass is 504 g/mol. The van der Waals surface area contributed by atoms with Crippen molar-refractivity contribution >= 4 is 11.9 Å². The molecule has 0 aliphatic heterocycles. The molecule has 0 aromatic rings. The van der Waals surface area contributed by atoms with Gasteiger partial charge in [0.1, 0.15) is 11.2 Å². The number of hydrogen-bond donors (Lipinski definition) is 0. The van der Waals surface area contributed by atoms with Crippen molar-refractivity contribution in [2.75, 3.05) is 0 Å². The van der Waals surface area contributed by atoms with Gasteiger partial charge in [0.15, 0.2) is 0 Å². The predicted molar refractivity (Wildman–Crippen MR) is 149 cm³/mol. The number of esters is 2. The van der Waals surface area contributed by atoms with E-state index in [9.17, 15) is 9.59 Å². The highest BCUT2D eigenvalue weighted by molar-refractivity contribution is 6.03. The second-order valence-corrected chi connectivity index (χ2v) is 11.2. The summed E-state index contributed by atoms with van der Waals surface area (Å²) in [6.07, 6.45) is 26.6. The Kier molecular flexibility index (Phi) is 8.77. The molecule has 4 aliphatic carbocycles. The van der Waals surface area contributed by atoms with Crippen LogP contribution in [0.15, 0.2) is 70.9 Å². The largest absolute Gasteiger partial charge is 0.451 e. The van der Waals surface area contributed by atoms with E-state index in [1.807, 2.05) is 0 Å². The first-order valence-corrected chi connectivity index (χ1v) is 14.5. The topological polar surface area (TPSA) is 52.6 Å². The number of hydrogen-bond acceptors (Lipinski definition) is 4. The second kappa shape index (κ2) is 11.8. The summed E-state index contributed by atoms with van der Waals surface area (Å²) < 4.78 is 12.5. The Hall–Kier alpha value is -2.62. The second-order valence-electron chi connectivity index (χ2n) is 11.2. The summed E-state index contributed by atoms with van der Waals surface area (Å²) in [7, 11) is 0. The smallest absolute Gasteiger partial charge is 0.336 e. The molecule has 0 amide bonds. The van der Waals surface area contributed by atoms with Gasteiger partial charge in [-0.3, -0.25) is 0 Å². The van der Waals surface area contributed by atoms with Crippen LogP contribution in [0.3, 0.4) is 0 Å². The van der Waals surface area contributed by atoms with Crippen molar-refractivity contribution in [3.63, 3.8) is 0 Å². The van der Waals surface area contributed by atoms with E-state index in [1.165, 1.54) is 11.1 Å². The van der Waals surface area contributed by atoms with E-state index in [4.69, 9.17) is 9.47 Å². The van der Waals surface area contributed by atoms with Gasteiger partial charge >= 0.3 is 11.9 Å². The van der Waals surface area contributed by atoms with Gasteiger partial charge in [-0.2, -0.15) is 0 Å². The molecule has 0 aromatic carbocycles. The lowest BCUT2D eigenvalue weighted by atomic mass is 9.86. The van der Waals surface area contributed by atoms with Crippen LogP contribution in [0.1, 0.15) is 98.3 Å². The van der Waals surface area contributed by atoms with Crippen LogP contribution >= 0.6 is 0 Å². The fourth-order valence-electron chi connectivity index (χ4n) is 6.34. The zero-order valence-corrected chi connectivity index (χ0v) is 23.2. The maximum atomic E-state index is 13.7. The van der Waals surface area contributed by atoms with E-state index in [0.29, 0.717) is 24.0 Å². The van der Waals surface area contributed by atoms with Crippen LogP contribution in [0.4, 0.5) is 0 Å². The maximum Gasteiger partial charge on any atom is 0.336 e. The molecule has 4 atom stereocenters. The van der Waals surface area contributed by atoms with Crippen LogP contribution in [-0.4, -0.2) is 23.1 Å². The fourth-order valence-corrected chi connectivity index (χ4v) is 6.34. The average molecular weight is 505 g/mol. The van der Waals surface area contributed by atoms with Crippen molar-refractivity contribution < 1.29 is 19.1 Å². The SMILES string of the molecule is CCCC1=CCC(CCC)(OC(=O)C2=C(C(=O)OC3(CCC)C=CC(CCC)=CC3)C3C=CC2C3)C=C1. The molecule has 0 spiro atoms. The lowest BCUT2D eigenvalue weighted by Crippen LogP contribution is -2.37. The fraction of sp³-hybridized carbons (Fsp3) is 0.576. The van der Waals surface area contributed by atoms with Crippen LogP contribution in [0.5, 0.6) is 0 Å². The Morgan fingerprint density at radius 1 is 0.730 bits per heavy atom. The van der Waals surface area contributed by atoms with Crippen molar-refractivity contribution in [1.29, 1.82) is 0 Å². The lowest BCUT2D eigenvalue weighted by molar-refractivity contribution is -0.154. The van der Waals surface area contributed by atoms with Crippen molar-refractivity contribution in [2.24, 2.45) is 11.8 Å². The van der Waals surface area contributed by atoms with Gasteiger partial charge in [0.2, 0.25) is 0 Å². The number of carbonyl (C=O) groups excluding carboxylic acids is 2. The minimum Gasteiger partial charge on any atom is -0.451 e. The average Bonchev–Trinajstić information content (AvgIpc) is 3.50. The molecular formula is C33H44O4. The van der Waals surface area contributed by atoms with Gasteiger partial charge in [-0.25, -0.2) is 9.59 Å². The summed E-state index contributed by atoms with van der Waals surface area (Å²) in [5.41, 5.74) is 2.33. The molecule has 37 heavy (non-hydrogen) atoms. The maximum absolute atomic E-state index is 13.7. The summed E-state index contributed by atoms with van der Waals surface area (Å²) >= 11 is 0. The zero-order valence-electron chi connectivity index (χ0n) is 23.2. The molecule has 0 aromatic heterocycles. The first kappa shape index (κ1) is 27.4. The highest BCUT2D eigenvalue weighted by Gasteiger charge is 2.46. The number of ether oxygens (including phenoxy) is 2. The molecule has 4 rings (SSSR count). The van der Waals surface area contributed by atoms with Crippen LogP contribution in [0, 0.1) is 11.8 Å². The van der Waals surface area contributed by atoms with Crippen LogP contribution in [0.2, 0.25) is 0 Å². The molecule has 0 heterocycles. The first-order chi connectivity index (χ1) is 17.9. The van der Waals surface area contributed by atoms with Gasteiger partial charge in [-0.1, -0.05) is 101 Å². The summed E-state index contributed by atoms with van der Waals surface area (Å²) in [5, 5.41) is 0. The molecule has 0 saturated heterocycles. The lowest BCUT2D eigenvalue weighted by Gasteiger charge is -2.34. The molecule has 4 nitrogen and oxygen atoms in total. The Morgan fingerprint density at radius 3 is 1.49 bits per heavy atom. The van der Waals surface area contributed by atoms with Gasteiger partial charge in [0.25, 0.3) is 0 Å². The number of carbonyl (C=O) groups is 2. The van der Waals surface area contributed by atoms with Gasteiger partial charge < -0.3 is 9.47 Å². The first-order valence-electron chi connectivity index (χ1n) is 14.5. The summed E-state index contributed by atoms with van der Waals surface area (Å²) in [4.78, 5) is 27.4. The minimum absolute atomic E-state index is 0.0717. The number of fused-ring (bicyclic) bond motifs is 2. The molecule has 0 saturated carbocycles. The van der Waals surface area contributed by atoms with Crippen molar-refractivity contribution in [3.05, 3.63) is 70.9 Å². The van der Waals surface area contributed by atoms with E-state index in [-0.39, 0.29) is 23.8 Å². The highest BCUT2D eigenvalue weighted by atomic mass is 16.6. The van der Waals surface area contributed by atoms with Crippen LogP contribution in [-0.2, 0) is 19.1 Å². The molecule has 4 heteroatoms. The third kappa shape index (κ3) is 5.94. The Morgan fingerprint density at radius 2 is 1.16 bits per heavy atom. The normalized spacial score (nSPS) is 29.9. The van der Waals surface area contributed by atoms with E-state index in [0.717, 1.165) is 57.8 Å². The number of rotatable bonds is 12. The van der Waals surface area contributed by atoms with E-state index in [1.54, 1.807) is 0 Å². The molecule has 2 bridgehead atoms. The molecule has 4 unspecified atom stereocenters. The zero-order chi connectivity index (χ0) is 26.5. The van der Waals surface area contributed by atoms with Gasteiger partial charge in [-0.15, -0.1) is 0 Å². The highest BCUT2D eigenvalue weighted by Crippen LogP contribution is 2.47. The Balaban J connectivity index is 1.56. The number of allylic oxidation sites excluding steroid dienone is 6. The van der Waals surface area contributed by atoms with Gasteiger partial charge in [-0.05, 0) is 44.3 Å².